The number of piperidine rings is 1. The molecule has 0 saturated carbocycles. The van der Waals surface area contributed by atoms with Crippen molar-refractivity contribution < 1.29 is 9.59 Å². The summed E-state index contributed by atoms with van der Waals surface area (Å²) in [6.07, 6.45) is 4.46. The fourth-order valence-electron chi connectivity index (χ4n) is 5.40. The molecule has 1 aromatic heterocycles. The van der Waals surface area contributed by atoms with Gasteiger partial charge in [0.2, 0.25) is 11.9 Å². The van der Waals surface area contributed by atoms with Gasteiger partial charge in [-0.15, -0.1) is 0 Å². The van der Waals surface area contributed by atoms with Gasteiger partial charge in [0.1, 0.15) is 6.54 Å². The molecule has 2 N–H and O–H groups in total. The van der Waals surface area contributed by atoms with E-state index in [2.05, 4.69) is 32.7 Å². The lowest BCUT2D eigenvalue weighted by atomic mass is 10.00. The third-order valence-electron chi connectivity index (χ3n) is 7.49. The van der Waals surface area contributed by atoms with Gasteiger partial charge in [-0.2, -0.15) is 0 Å². The van der Waals surface area contributed by atoms with E-state index in [1.807, 2.05) is 35.2 Å². The van der Waals surface area contributed by atoms with Crippen LogP contribution in [0.3, 0.4) is 0 Å². The van der Waals surface area contributed by atoms with E-state index in [0.717, 1.165) is 43.5 Å². The molecule has 3 aromatic rings. The standard InChI is InChI=1S/C28H29ClN6O2/c29-24-14-31-28(32-22-7-10-30-11-8-22)33-26(24)19-5-6-21-16-35(27(37)23(21)13-19)17-25(36)34-12-9-18-3-1-2-4-20(18)15-34/h1-6,13-14,22,30H,7-12,15-17H2,(H,31,32,33). The zero-order valence-electron chi connectivity index (χ0n) is 20.5. The number of nitrogens with one attached hydrogen (secondary N) is 2. The van der Waals surface area contributed by atoms with Gasteiger partial charge in [-0.05, 0) is 55.1 Å². The number of fused-ring (bicyclic) bond motifs is 2. The molecule has 1 fully saturated rings. The smallest absolute Gasteiger partial charge is 0.254 e. The summed E-state index contributed by atoms with van der Waals surface area (Å²) >= 11 is 6.47. The van der Waals surface area contributed by atoms with Gasteiger partial charge in [-0.1, -0.05) is 48.0 Å². The van der Waals surface area contributed by atoms with Gasteiger partial charge in [0.15, 0.2) is 0 Å². The van der Waals surface area contributed by atoms with Crippen molar-refractivity contribution in [1.82, 2.24) is 25.1 Å². The second-order valence-corrected chi connectivity index (χ2v) is 10.3. The van der Waals surface area contributed by atoms with Crippen LogP contribution in [0.4, 0.5) is 5.95 Å². The van der Waals surface area contributed by atoms with Gasteiger partial charge < -0.3 is 20.4 Å². The third kappa shape index (κ3) is 4.91. The topological polar surface area (TPSA) is 90.5 Å². The lowest BCUT2D eigenvalue weighted by Crippen LogP contribution is -2.42. The zero-order valence-corrected chi connectivity index (χ0v) is 21.3. The summed E-state index contributed by atoms with van der Waals surface area (Å²) in [7, 11) is 0. The zero-order chi connectivity index (χ0) is 25.4. The summed E-state index contributed by atoms with van der Waals surface area (Å²) in [5.41, 5.74) is 5.32. The average Bonchev–Trinajstić information content (AvgIpc) is 3.24. The molecule has 0 aliphatic carbocycles. The molecule has 0 spiro atoms. The maximum Gasteiger partial charge on any atom is 0.254 e. The van der Waals surface area contributed by atoms with Crippen LogP contribution in [-0.2, 0) is 24.3 Å². The molecule has 9 heteroatoms. The summed E-state index contributed by atoms with van der Waals surface area (Å²) < 4.78 is 0. The van der Waals surface area contributed by atoms with E-state index in [1.165, 1.54) is 11.1 Å². The highest BCUT2D eigenvalue weighted by molar-refractivity contribution is 6.33. The Balaban J connectivity index is 1.16. The van der Waals surface area contributed by atoms with Crippen LogP contribution in [0.2, 0.25) is 5.02 Å². The van der Waals surface area contributed by atoms with Crippen molar-refractivity contribution in [3.8, 4) is 11.3 Å². The maximum atomic E-state index is 13.3. The highest BCUT2D eigenvalue weighted by atomic mass is 35.5. The second-order valence-electron chi connectivity index (χ2n) is 9.93. The summed E-state index contributed by atoms with van der Waals surface area (Å²) in [4.78, 5) is 38.9. The van der Waals surface area contributed by atoms with E-state index in [-0.39, 0.29) is 18.4 Å². The first-order valence-electron chi connectivity index (χ1n) is 12.8. The molecule has 1 saturated heterocycles. The van der Waals surface area contributed by atoms with Crippen molar-refractivity contribution >= 4 is 29.4 Å². The van der Waals surface area contributed by atoms with Crippen LogP contribution < -0.4 is 10.6 Å². The van der Waals surface area contributed by atoms with Crippen molar-refractivity contribution in [2.75, 3.05) is 31.5 Å². The first kappa shape index (κ1) is 23.9. The van der Waals surface area contributed by atoms with Gasteiger partial charge in [0.05, 0.1) is 16.9 Å². The minimum absolute atomic E-state index is 0.0247. The predicted octanol–water partition coefficient (Wildman–Crippen LogP) is 3.50. The van der Waals surface area contributed by atoms with Crippen molar-refractivity contribution in [2.45, 2.75) is 38.4 Å². The second kappa shape index (κ2) is 10.1. The SMILES string of the molecule is O=C(CN1Cc2ccc(-c3nc(NC4CCNCC4)ncc3Cl)cc2C1=O)N1CCc2ccccc2C1. The number of halogens is 1. The minimum atomic E-state index is -0.138. The number of nitrogens with zero attached hydrogens (tertiary/aromatic N) is 4. The highest BCUT2D eigenvalue weighted by Crippen LogP contribution is 2.32. The predicted molar refractivity (Wildman–Crippen MR) is 142 cm³/mol. The van der Waals surface area contributed by atoms with Gasteiger partial charge in [0.25, 0.3) is 5.91 Å². The van der Waals surface area contributed by atoms with Crippen LogP contribution in [0.25, 0.3) is 11.3 Å². The molecule has 8 nitrogen and oxygen atoms in total. The first-order valence-corrected chi connectivity index (χ1v) is 13.2. The molecule has 2 amide bonds. The number of benzene rings is 2. The van der Waals surface area contributed by atoms with E-state index in [1.54, 1.807) is 11.1 Å². The lowest BCUT2D eigenvalue weighted by molar-refractivity contribution is -0.132. The van der Waals surface area contributed by atoms with Gasteiger partial charge in [0, 0.05) is 36.8 Å². The van der Waals surface area contributed by atoms with Crippen molar-refractivity contribution in [2.24, 2.45) is 0 Å². The molecule has 0 atom stereocenters. The number of amides is 2. The Morgan fingerprint density at radius 3 is 2.73 bits per heavy atom. The Morgan fingerprint density at radius 2 is 1.89 bits per heavy atom. The lowest BCUT2D eigenvalue weighted by Gasteiger charge is -2.30. The van der Waals surface area contributed by atoms with Crippen molar-refractivity contribution in [1.29, 1.82) is 0 Å². The average molecular weight is 517 g/mol. The molecule has 3 aliphatic heterocycles. The quantitative estimate of drug-likeness (QED) is 0.539. The number of carbonyl (C=O) groups is 2. The number of anilines is 1. The Bertz CT molecular complexity index is 1360. The first-order chi connectivity index (χ1) is 18.0. The van der Waals surface area contributed by atoms with Crippen LogP contribution in [0.5, 0.6) is 0 Å². The van der Waals surface area contributed by atoms with Crippen molar-refractivity contribution in [3.05, 3.63) is 75.9 Å². The third-order valence-corrected chi connectivity index (χ3v) is 7.76. The number of hydrogen-bond acceptors (Lipinski definition) is 6. The summed E-state index contributed by atoms with van der Waals surface area (Å²) in [5.74, 6) is 0.373. The number of rotatable bonds is 5. The number of aromatic nitrogens is 2. The maximum absolute atomic E-state index is 13.3. The van der Waals surface area contributed by atoms with Crippen molar-refractivity contribution in [3.63, 3.8) is 0 Å². The molecule has 6 rings (SSSR count). The summed E-state index contributed by atoms with van der Waals surface area (Å²) in [5, 5.41) is 7.19. The number of carbonyl (C=O) groups excluding carboxylic acids is 2. The Hall–Kier alpha value is -3.49. The Labute approximate surface area is 221 Å². The minimum Gasteiger partial charge on any atom is -0.351 e. The van der Waals surface area contributed by atoms with Gasteiger partial charge in [-0.25, -0.2) is 9.97 Å². The molecule has 0 bridgehead atoms. The van der Waals surface area contributed by atoms with E-state index in [4.69, 9.17) is 11.6 Å². The van der Waals surface area contributed by atoms with E-state index >= 15 is 0 Å². The molecule has 2 aromatic carbocycles. The molecule has 190 valence electrons. The molecular weight excluding hydrogens is 488 g/mol. The van der Waals surface area contributed by atoms with Crippen LogP contribution in [-0.4, -0.2) is 63.8 Å². The van der Waals surface area contributed by atoms with Crippen LogP contribution in [0.1, 0.15) is 39.9 Å². The monoisotopic (exact) mass is 516 g/mol. The van der Waals surface area contributed by atoms with Gasteiger partial charge >= 0.3 is 0 Å². The van der Waals surface area contributed by atoms with Crippen LogP contribution in [0.15, 0.2) is 48.7 Å². The van der Waals surface area contributed by atoms with E-state index in [9.17, 15) is 9.59 Å². The normalized spacial score (nSPS) is 17.5. The largest absolute Gasteiger partial charge is 0.351 e. The van der Waals surface area contributed by atoms with Crippen LogP contribution in [0, 0.1) is 0 Å². The molecule has 37 heavy (non-hydrogen) atoms. The van der Waals surface area contributed by atoms with Crippen LogP contribution >= 0.6 is 11.6 Å². The Morgan fingerprint density at radius 1 is 1.08 bits per heavy atom. The fraction of sp³-hybridized carbons (Fsp3) is 0.357. The molecule has 0 unspecified atom stereocenters. The fourth-order valence-corrected chi connectivity index (χ4v) is 5.60. The Kier molecular flexibility index (Phi) is 6.52. The summed E-state index contributed by atoms with van der Waals surface area (Å²) in [6, 6.07) is 14.2. The molecule has 0 radical (unpaired) electrons. The molecule has 3 aliphatic rings. The molecular formula is C28H29ClN6O2. The van der Waals surface area contributed by atoms with E-state index in [0.29, 0.717) is 47.9 Å². The summed E-state index contributed by atoms with van der Waals surface area (Å²) in [6.45, 7) is 3.70. The van der Waals surface area contributed by atoms with Gasteiger partial charge in [-0.3, -0.25) is 9.59 Å². The van der Waals surface area contributed by atoms with E-state index < -0.39 is 0 Å². The number of hydrogen-bond donors (Lipinski definition) is 2. The molecule has 4 heterocycles. The highest BCUT2D eigenvalue weighted by Gasteiger charge is 2.31.